The molecule has 0 unspecified atom stereocenters. The largest absolute Gasteiger partial charge is 0.0613 e. The van der Waals surface area contributed by atoms with Crippen LogP contribution in [0.25, 0.3) is 21.5 Å². The number of rotatable bonds is 1. The number of hydrogen-bond acceptors (Lipinski definition) is 0. The molecule has 0 aliphatic carbocycles. The summed E-state index contributed by atoms with van der Waals surface area (Å²) in [4.78, 5) is 0. The van der Waals surface area contributed by atoms with Gasteiger partial charge in [0.25, 0.3) is 0 Å². The van der Waals surface area contributed by atoms with Crippen molar-refractivity contribution < 1.29 is 0 Å². The van der Waals surface area contributed by atoms with Crippen molar-refractivity contribution >= 4 is 21.5 Å². The molecule has 3 aromatic carbocycles. The lowest BCUT2D eigenvalue weighted by molar-refractivity contribution is 1.13. The first-order valence-electron chi connectivity index (χ1n) is 7.04. The molecule has 96 valence electrons. The second kappa shape index (κ2) is 4.38. The van der Waals surface area contributed by atoms with Crippen LogP contribution in [0.1, 0.15) is 29.2 Å². The van der Waals surface area contributed by atoms with Crippen LogP contribution >= 0.6 is 0 Å². The van der Waals surface area contributed by atoms with Gasteiger partial charge in [-0.05, 0) is 83.1 Å². The van der Waals surface area contributed by atoms with Gasteiger partial charge in [-0.2, -0.15) is 0 Å². The monoisotopic (exact) mass is 248 g/mol. The van der Waals surface area contributed by atoms with E-state index in [1.54, 1.807) is 0 Å². The van der Waals surface area contributed by atoms with Gasteiger partial charge in [-0.1, -0.05) is 31.2 Å². The Kier molecular flexibility index (Phi) is 2.82. The molecule has 0 aliphatic rings. The molecule has 0 spiro atoms. The Morgan fingerprint density at radius 3 is 2.00 bits per heavy atom. The van der Waals surface area contributed by atoms with E-state index in [4.69, 9.17) is 0 Å². The third kappa shape index (κ3) is 1.83. The van der Waals surface area contributed by atoms with E-state index < -0.39 is 0 Å². The Labute approximate surface area is 115 Å². The molecule has 0 heteroatoms. The second-order valence-corrected chi connectivity index (χ2v) is 5.52. The number of benzene rings is 3. The number of aryl methyl sites for hydroxylation is 4. The first-order valence-corrected chi connectivity index (χ1v) is 7.04. The predicted octanol–water partition coefficient (Wildman–Crippen LogP) is 5.48. The molecule has 19 heavy (non-hydrogen) atoms. The van der Waals surface area contributed by atoms with Crippen LogP contribution in [-0.2, 0) is 6.42 Å². The molecule has 0 nitrogen and oxygen atoms in total. The third-order valence-corrected chi connectivity index (χ3v) is 4.40. The smallest absolute Gasteiger partial charge is 0.0143 e. The highest BCUT2D eigenvalue weighted by atomic mass is 14.1. The Balaban J connectivity index is 2.48. The molecule has 0 heterocycles. The zero-order valence-electron chi connectivity index (χ0n) is 12.2. The first-order chi connectivity index (χ1) is 9.11. The van der Waals surface area contributed by atoms with Crippen LogP contribution in [0.3, 0.4) is 0 Å². The molecule has 0 fully saturated rings. The van der Waals surface area contributed by atoms with Gasteiger partial charge in [0.1, 0.15) is 0 Å². The van der Waals surface area contributed by atoms with E-state index in [-0.39, 0.29) is 0 Å². The lowest BCUT2D eigenvalue weighted by Gasteiger charge is -2.12. The fourth-order valence-electron chi connectivity index (χ4n) is 3.04. The van der Waals surface area contributed by atoms with Crippen molar-refractivity contribution in [2.75, 3.05) is 0 Å². The molecule has 0 atom stereocenters. The van der Waals surface area contributed by atoms with E-state index >= 15 is 0 Å². The van der Waals surface area contributed by atoms with Crippen molar-refractivity contribution in [2.45, 2.75) is 34.1 Å². The maximum atomic E-state index is 2.36. The fraction of sp³-hybridized carbons (Fsp3) is 0.263. The van der Waals surface area contributed by atoms with Gasteiger partial charge in [-0.15, -0.1) is 0 Å². The van der Waals surface area contributed by atoms with Crippen molar-refractivity contribution in [3.8, 4) is 0 Å². The van der Waals surface area contributed by atoms with Gasteiger partial charge in [0.15, 0.2) is 0 Å². The van der Waals surface area contributed by atoms with Crippen molar-refractivity contribution in [3.05, 3.63) is 58.7 Å². The van der Waals surface area contributed by atoms with Crippen molar-refractivity contribution in [1.29, 1.82) is 0 Å². The summed E-state index contributed by atoms with van der Waals surface area (Å²) in [5.74, 6) is 0. The van der Waals surface area contributed by atoms with Gasteiger partial charge in [0.2, 0.25) is 0 Å². The lowest BCUT2D eigenvalue weighted by atomic mass is 9.93. The quantitative estimate of drug-likeness (QED) is 0.500. The number of fused-ring (bicyclic) bond motifs is 2. The van der Waals surface area contributed by atoms with Crippen LogP contribution < -0.4 is 0 Å². The summed E-state index contributed by atoms with van der Waals surface area (Å²) >= 11 is 0. The maximum Gasteiger partial charge on any atom is -0.0143 e. The van der Waals surface area contributed by atoms with E-state index in [1.807, 2.05) is 0 Å². The first kappa shape index (κ1) is 12.2. The minimum atomic E-state index is 1.10. The molecule has 0 aliphatic heterocycles. The Morgan fingerprint density at radius 2 is 1.32 bits per heavy atom. The van der Waals surface area contributed by atoms with Gasteiger partial charge in [-0.25, -0.2) is 0 Å². The molecule has 0 amide bonds. The fourth-order valence-corrected chi connectivity index (χ4v) is 3.04. The van der Waals surface area contributed by atoms with E-state index in [0.29, 0.717) is 0 Å². The van der Waals surface area contributed by atoms with Gasteiger partial charge in [-0.3, -0.25) is 0 Å². The topological polar surface area (TPSA) is 0 Å². The molecule has 3 aromatic rings. The minimum Gasteiger partial charge on any atom is -0.0613 e. The Bertz CT molecular complexity index is 779. The number of hydrogen-bond donors (Lipinski definition) is 0. The molecule has 0 bridgehead atoms. The van der Waals surface area contributed by atoms with Crippen LogP contribution in [0.2, 0.25) is 0 Å². The average Bonchev–Trinajstić information content (AvgIpc) is 2.42. The van der Waals surface area contributed by atoms with Crippen LogP contribution in [0, 0.1) is 20.8 Å². The van der Waals surface area contributed by atoms with Crippen molar-refractivity contribution in [2.24, 2.45) is 0 Å². The SMILES string of the molecule is CCc1c(C)ccc2cc3c(C)c(C)ccc3cc12. The van der Waals surface area contributed by atoms with E-state index in [9.17, 15) is 0 Å². The summed E-state index contributed by atoms with van der Waals surface area (Å²) in [5.41, 5.74) is 5.66. The molecule has 0 radical (unpaired) electrons. The molecule has 3 rings (SSSR count). The lowest BCUT2D eigenvalue weighted by Crippen LogP contribution is -1.90. The van der Waals surface area contributed by atoms with E-state index in [2.05, 4.69) is 64.1 Å². The van der Waals surface area contributed by atoms with Gasteiger partial charge >= 0.3 is 0 Å². The molecule has 0 aromatic heterocycles. The average molecular weight is 248 g/mol. The van der Waals surface area contributed by atoms with Gasteiger partial charge in [0, 0.05) is 0 Å². The highest BCUT2D eigenvalue weighted by Gasteiger charge is 2.07. The summed E-state index contributed by atoms with van der Waals surface area (Å²) in [6, 6.07) is 13.7. The normalized spacial score (nSPS) is 11.4. The Hall–Kier alpha value is -1.82. The maximum absolute atomic E-state index is 2.36. The van der Waals surface area contributed by atoms with E-state index in [1.165, 1.54) is 43.8 Å². The predicted molar refractivity (Wildman–Crippen MR) is 85.0 cm³/mol. The summed E-state index contributed by atoms with van der Waals surface area (Å²) < 4.78 is 0. The van der Waals surface area contributed by atoms with Crippen molar-refractivity contribution in [3.63, 3.8) is 0 Å². The standard InChI is InChI=1S/C19H20/c1-5-17-13(3)7-9-16-10-18-14(4)12(2)6-8-15(18)11-19(16)17/h6-11H,5H2,1-4H3. The van der Waals surface area contributed by atoms with Crippen molar-refractivity contribution in [1.82, 2.24) is 0 Å². The Morgan fingerprint density at radius 1 is 0.737 bits per heavy atom. The minimum absolute atomic E-state index is 1.10. The van der Waals surface area contributed by atoms with Crippen LogP contribution in [0.4, 0.5) is 0 Å². The summed E-state index contributed by atoms with van der Waals surface area (Å²) in [5, 5.41) is 5.52. The molecule has 0 saturated heterocycles. The van der Waals surface area contributed by atoms with Gasteiger partial charge in [0.05, 0.1) is 0 Å². The van der Waals surface area contributed by atoms with Crippen LogP contribution in [-0.4, -0.2) is 0 Å². The molecular formula is C19H20. The summed E-state index contributed by atoms with van der Waals surface area (Å²) in [6.45, 7) is 8.86. The molecule has 0 saturated carbocycles. The van der Waals surface area contributed by atoms with Gasteiger partial charge < -0.3 is 0 Å². The molecular weight excluding hydrogens is 228 g/mol. The van der Waals surface area contributed by atoms with Crippen LogP contribution in [0.5, 0.6) is 0 Å². The van der Waals surface area contributed by atoms with Crippen LogP contribution in [0.15, 0.2) is 36.4 Å². The highest BCUT2D eigenvalue weighted by Crippen LogP contribution is 2.30. The summed E-state index contributed by atoms with van der Waals surface area (Å²) in [6.07, 6.45) is 1.10. The highest BCUT2D eigenvalue weighted by molar-refractivity contribution is 6.01. The zero-order chi connectivity index (χ0) is 13.6. The second-order valence-electron chi connectivity index (χ2n) is 5.52. The molecule has 0 N–H and O–H groups in total. The third-order valence-electron chi connectivity index (χ3n) is 4.40. The zero-order valence-corrected chi connectivity index (χ0v) is 12.2. The van der Waals surface area contributed by atoms with E-state index in [0.717, 1.165) is 6.42 Å². The summed E-state index contributed by atoms with van der Waals surface area (Å²) in [7, 11) is 0.